The Morgan fingerprint density at radius 2 is 1.68 bits per heavy atom. The summed E-state index contributed by atoms with van der Waals surface area (Å²) in [5.74, 6) is -2.44. The fraction of sp³-hybridized carbons (Fsp3) is 0.812. The minimum Gasteiger partial charge on any atom is -0.464 e. The summed E-state index contributed by atoms with van der Waals surface area (Å²) in [5, 5.41) is 13.4. The van der Waals surface area contributed by atoms with E-state index in [1.165, 1.54) is 20.8 Å². The number of nitrogens with one attached hydrogen (secondary N) is 1. The van der Waals surface area contributed by atoms with E-state index >= 15 is 0 Å². The molecule has 0 radical (unpaired) electrons. The van der Waals surface area contributed by atoms with Crippen molar-refractivity contribution in [3.05, 3.63) is 10.1 Å². The zero-order valence-electron chi connectivity index (χ0n) is 15.5. The molecule has 9 nitrogen and oxygen atoms in total. The molecule has 9 heteroatoms. The summed E-state index contributed by atoms with van der Waals surface area (Å²) < 4.78 is 10.0. The highest BCUT2D eigenvalue weighted by Crippen LogP contribution is 2.24. The Balaban J connectivity index is 0. The van der Waals surface area contributed by atoms with Gasteiger partial charge in [-0.3, -0.25) is 14.9 Å². The molecule has 0 heterocycles. The van der Waals surface area contributed by atoms with Crippen LogP contribution in [0, 0.1) is 10.1 Å². The predicted molar refractivity (Wildman–Crippen MR) is 91.5 cm³/mol. The Hall–Kier alpha value is -2.19. The van der Waals surface area contributed by atoms with Gasteiger partial charge in [0.15, 0.2) is 0 Å². The summed E-state index contributed by atoms with van der Waals surface area (Å²) in [7, 11) is 0. The molecule has 0 saturated carbocycles. The molecule has 1 N–H and O–H groups in total. The lowest BCUT2D eigenvalue weighted by molar-refractivity contribution is -0.561. The summed E-state index contributed by atoms with van der Waals surface area (Å²) >= 11 is 0. The summed E-state index contributed by atoms with van der Waals surface area (Å²) in [6.07, 6.45) is 0.653. The molecule has 0 aromatic heterocycles. The van der Waals surface area contributed by atoms with Crippen molar-refractivity contribution in [3.63, 3.8) is 0 Å². The highest BCUT2D eigenvalue weighted by molar-refractivity contribution is 6.07. The van der Waals surface area contributed by atoms with Crippen LogP contribution in [-0.4, -0.2) is 47.1 Å². The molecule has 0 bridgehead atoms. The molecule has 0 aliphatic carbocycles. The third-order valence-electron chi connectivity index (χ3n) is 3.63. The number of amides is 1. The second-order valence-corrected chi connectivity index (χ2v) is 6.37. The van der Waals surface area contributed by atoms with Crippen LogP contribution in [0.5, 0.6) is 0 Å². The molecule has 0 spiro atoms. The van der Waals surface area contributed by atoms with Crippen molar-refractivity contribution >= 4 is 17.8 Å². The monoisotopic (exact) mass is 362 g/mol. The molecular formula is C16H30N2O7. The smallest absolute Gasteiger partial charge is 0.343 e. The maximum atomic E-state index is 12.5. The molecule has 1 atom stereocenters. The maximum absolute atomic E-state index is 12.5. The third kappa shape index (κ3) is 6.67. The van der Waals surface area contributed by atoms with E-state index in [9.17, 15) is 24.5 Å². The number of nitrogens with zero attached hydrogens (tertiary/aromatic N) is 1. The van der Waals surface area contributed by atoms with E-state index in [-0.39, 0.29) is 33.9 Å². The van der Waals surface area contributed by atoms with E-state index in [0.717, 1.165) is 0 Å². The minimum atomic E-state index is -2.00. The van der Waals surface area contributed by atoms with Crippen LogP contribution in [0.15, 0.2) is 0 Å². The maximum Gasteiger partial charge on any atom is 0.343 e. The van der Waals surface area contributed by atoms with E-state index in [1.807, 2.05) is 0 Å². The van der Waals surface area contributed by atoms with Crippen molar-refractivity contribution in [1.82, 2.24) is 5.32 Å². The van der Waals surface area contributed by atoms with Crippen molar-refractivity contribution < 1.29 is 30.2 Å². The zero-order chi connectivity index (χ0) is 19.7. The molecule has 0 rings (SSSR count). The first-order valence-corrected chi connectivity index (χ1v) is 8.31. The van der Waals surface area contributed by atoms with Gasteiger partial charge in [0.25, 0.3) is 0 Å². The van der Waals surface area contributed by atoms with E-state index < -0.39 is 33.8 Å². The van der Waals surface area contributed by atoms with Gasteiger partial charge in [0.05, 0.1) is 13.2 Å². The van der Waals surface area contributed by atoms with Crippen molar-refractivity contribution in [1.29, 1.82) is 0 Å². The lowest BCUT2D eigenvalue weighted by atomic mass is 9.88. The molecule has 0 aliphatic rings. The van der Waals surface area contributed by atoms with Gasteiger partial charge in [0.2, 0.25) is 17.0 Å². The molecule has 1 unspecified atom stereocenters. The molecule has 25 heavy (non-hydrogen) atoms. The van der Waals surface area contributed by atoms with Gasteiger partial charge in [-0.05, 0) is 26.2 Å². The Kier molecular flexibility index (Phi) is 9.08. The summed E-state index contributed by atoms with van der Waals surface area (Å²) in [4.78, 5) is 47.1. The number of carbonyl (C=O) groups excluding carboxylic acids is 3. The molecule has 0 aliphatic heterocycles. The van der Waals surface area contributed by atoms with Crippen molar-refractivity contribution in [2.75, 3.05) is 13.2 Å². The van der Waals surface area contributed by atoms with Crippen LogP contribution in [-0.2, 0) is 23.9 Å². The van der Waals surface area contributed by atoms with Crippen LogP contribution >= 0.6 is 0 Å². The van der Waals surface area contributed by atoms with Gasteiger partial charge in [-0.25, -0.2) is 9.59 Å². The Morgan fingerprint density at radius 3 is 2.12 bits per heavy atom. The van der Waals surface area contributed by atoms with Gasteiger partial charge in [0.1, 0.15) is 0 Å². The molecule has 0 saturated heterocycles. The lowest BCUT2D eigenvalue weighted by Gasteiger charge is -2.30. The molecule has 146 valence electrons. The van der Waals surface area contributed by atoms with Crippen LogP contribution in [0.1, 0.15) is 61.7 Å². The number of hydrogen-bond donors (Lipinski definition) is 1. The van der Waals surface area contributed by atoms with Crippen LogP contribution in [0.2, 0.25) is 0 Å². The predicted octanol–water partition coefficient (Wildman–Crippen LogP) is 1.85. The number of hydrogen-bond acceptors (Lipinski definition) is 7. The quantitative estimate of drug-likeness (QED) is 0.257. The Morgan fingerprint density at radius 1 is 1.12 bits per heavy atom. The third-order valence-corrected chi connectivity index (χ3v) is 3.63. The summed E-state index contributed by atoms with van der Waals surface area (Å²) in [6, 6.07) is 0. The SMILES string of the molecule is CCCOC(=O)C(CCCC(C)(C)[N+](=O)[O-])(NC(C)=O)C(=O)OCC.[HH]. The van der Waals surface area contributed by atoms with E-state index in [0.29, 0.717) is 6.42 Å². The zero-order valence-corrected chi connectivity index (χ0v) is 15.5. The largest absolute Gasteiger partial charge is 0.464 e. The second-order valence-electron chi connectivity index (χ2n) is 6.37. The fourth-order valence-corrected chi connectivity index (χ4v) is 2.20. The fourth-order valence-electron chi connectivity index (χ4n) is 2.20. The van der Waals surface area contributed by atoms with Gasteiger partial charge in [0, 0.05) is 33.5 Å². The van der Waals surface area contributed by atoms with E-state index in [2.05, 4.69) is 5.32 Å². The minimum absolute atomic E-state index is 0. The van der Waals surface area contributed by atoms with Crippen LogP contribution in [0.4, 0.5) is 0 Å². The van der Waals surface area contributed by atoms with Crippen molar-refractivity contribution in [2.45, 2.75) is 71.4 Å². The Bertz CT molecular complexity index is 511. The number of ether oxygens (including phenoxy) is 2. The number of nitro groups is 1. The number of esters is 2. The molecule has 0 aromatic rings. The van der Waals surface area contributed by atoms with Crippen molar-refractivity contribution in [3.8, 4) is 0 Å². The summed E-state index contributed by atoms with van der Waals surface area (Å²) in [6.45, 7) is 7.53. The molecule has 0 fully saturated rings. The Labute approximate surface area is 149 Å². The topological polar surface area (TPSA) is 125 Å². The normalized spacial score (nSPS) is 13.5. The highest BCUT2D eigenvalue weighted by atomic mass is 16.6. The van der Waals surface area contributed by atoms with Crippen LogP contribution in [0.3, 0.4) is 0 Å². The standard InChI is InChI=1S/C16H28N2O7.H2/c1-6-11-25-14(21)16(17-12(3)19,13(20)24-7-2)10-8-9-15(4,5)18(22)23;/h6-11H2,1-5H3,(H,17,19);1H. The van der Waals surface area contributed by atoms with Crippen molar-refractivity contribution in [2.24, 2.45) is 0 Å². The average Bonchev–Trinajstić information content (AvgIpc) is 2.50. The first-order chi connectivity index (χ1) is 11.5. The molecular weight excluding hydrogens is 332 g/mol. The first kappa shape index (κ1) is 22.8. The average molecular weight is 362 g/mol. The van der Waals surface area contributed by atoms with Gasteiger partial charge < -0.3 is 14.8 Å². The summed E-state index contributed by atoms with van der Waals surface area (Å²) in [5.41, 5.74) is -3.21. The van der Waals surface area contributed by atoms with Crippen LogP contribution < -0.4 is 5.32 Å². The number of rotatable bonds is 11. The highest BCUT2D eigenvalue weighted by Gasteiger charge is 2.50. The first-order valence-electron chi connectivity index (χ1n) is 8.31. The van der Waals surface area contributed by atoms with E-state index in [1.54, 1.807) is 13.8 Å². The van der Waals surface area contributed by atoms with E-state index in [4.69, 9.17) is 9.47 Å². The van der Waals surface area contributed by atoms with Crippen LogP contribution in [0.25, 0.3) is 0 Å². The molecule has 1 amide bonds. The van der Waals surface area contributed by atoms with Gasteiger partial charge >= 0.3 is 11.9 Å². The molecule has 0 aromatic carbocycles. The van der Waals surface area contributed by atoms with Gasteiger partial charge in [-0.1, -0.05) is 6.92 Å². The van der Waals surface area contributed by atoms with Gasteiger partial charge in [-0.15, -0.1) is 0 Å². The second kappa shape index (κ2) is 9.95. The lowest BCUT2D eigenvalue weighted by Crippen LogP contribution is -2.61. The van der Waals surface area contributed by atoms with Gasteiger partial charge in [-0.2, -0.15) is 0 Å². The number of carbonyl (C=O) groups is 3.